The number of hydrogen-bond acceptors (Lipinski definition) is 4. The van der Waals surface area contributed by atoms with E-state index in [4.69, 9.17) is 0 Å². The zero-order valence-electron chi connectivity index (χ0n) is 9.68. The van der Waals surface area contributed by atoms with Gasteiger partial charge >= 0.3 is 5.69 Å². The zero-order valence-corrected chi connectivity index (χ0v) is 9.68. The van der Waals surface area contributed by atoms with Crippen LogP contribution in [0.25, 0.3) is 22.0 Å². The summed E-state index contributed by atoms with van der Waals surface area (Å²) in [7, 11) is 0. The van der Waals surface area contributed by atoms with Crippen LogP contribution in [0.15, 0.2) is 46.1 Å². The average molecular weight is 255 g/mol. The monoisotopic (exact) mass is 255 g/mol. The molecule has 0 unspecified atom stereocenters. The quantitative estimate of drug-likeness (QED) is 0.603. The molecule has 0 aliphatic heterocycles. The lowest BCUT2D eigenvalue weighted by atomic mass is 10.1. The van der Waals surface area contributed by atoms with Crippen molar-refractivity contribution in [1.82, 2.24) is 15.0 Å². The molecule has 94 valence electrons. The van der Waals surface area contributed by atoms with Gasteiger partial charge in [-0.2, -0.15) is 0 Å². The van der Waals surface area contributed by atoms with Crippen LogP contribution < -0.4 is 11.2 Å². The second kappa shape index (κ2) is 4.09. The Balaban J connectivity index is 2.44. The van der Waals surface area contributed by atoms with E-state index in [2.05, 4.69) is 15.0 Å². The van der Waals surface area contributed by atoms with Gasteiger partial charge in [0, 0.05) is 11.6 Å². The summed E-state index contributed by atoms with van der Waals surface area (Å²) in [6.45, 7) is 0. The van der Waals surface area contributed by atoms with Gasteiger partial charge in [0.05, 0.1) is 5.69 Å². The predicted molar refractivity (Wildman–Crippen MR) is 70.1 cm³/mol. The Hall–Kier alpha value is -2.89. The summed E-state index contributed by atoms with van der Waals surface area (Å²) >= 11 is 0. The van der Waals surface area contributed by atoms with Gasteiger partial charge in [-0.05, 0) is 11.5 Å². The summed E-state index contributed by atoms with van der Waals surface area (Å²) < 4.78 is 0. The first-order valence-corrected chi connectivity index (χ1v) is 5.56. The van der Waals surface area contributed by atoms with Crippen molar-refractivity contribution in [1.29, 1.82) is 0 Å². The van der Waals surface area contributed by atoms with Crippen LogP contribution in [0.5, 0.6) is 5.88 Å². The van der Waals surface area contributed by atoms with Crippen LogP contribution in [-0.2, 0) is 0 Å². The number of hydrogen-bond donors (Lipinski definition) is 3. The molecule has 19 heavy (non-hydrogen) atoms. The molecule has 3 N–H and O–H groups in total. The van der Waals surface area contributed by atoms with Crippen LogP contribution in [0.2, 0.25) is 0 Å². The average Bonchev–Trinajstić information content (AvgIpc) is 2.38. The zero-order chi connectivity index (χ0) is 13.4. The van der Waals surface area contributed by atoms with Crippen LogP contribution in [-0.4, -0.2) is 20.1 Å². The molecule has 0 fully saturated rings. The van der Waals surface area contributed by atoms with Crippen molar-refractivity contribution in [2.45, 2.75) is 0 Å². The third-order valence-electron chi connectivity index (χ3n) is 2.83. The topological polar surface area (TPSA) is 98.8 Å². The first kappa shape index (κ1) is 11.2. The van der Waals surface area contributed by atoms with Gasteiger partial charge in [0.15, 0.2) is 0 Å². The standard InChI is InChI=1S/C13H9N3O3/c17-11-9(12(18)16-13(19)15-11)10-8-4-2-1-3-7(8)5-6-14-10/h1-6H,(H3,15,16,17,18,19). The van der Waals surface area contributed by atoms with Crippen molar-refractivity contribution in [3.63, 3.8) is 0 Å². The number of H-pyrrole nitrogens is 2. The fourth-order valence-electron chi connectivity index (χ4n) is 2.01. The summed E-state index contributed by atoms with van der Waals surface area (Å²) in [5, 5.41) is 11.4. The van der Waals surface area contributed by atoms with Gasteiger partial charge in [-0.3, -0.25) is 19.7 Å². The molecule has 0 radical (unpaired) electrons. The summed E-state index contributed by atoms with van der Waals surface area (Å²) in [5.41, 5.74) is -1.15. The second-order valence-corrected chi connectivity index (χ2v) is 4.01. The van der Waals surface area contributed by atoms with Crippen molar-refractivity contribution >= 4 is 10.8 Å². The molecule has 3 rings (SSSR count). The number of fused-ring (bicyclic) bond motifs is 1. The van der Waals surface area contributed by atoms with Crippen molar-refractivity contribution in [2.24, 2.45) is 0 Å². The number of aromatic hydroxyl groups is 1. The molecular weight excluding hydrogens is 246 g/mol. The minimum absolute atomic E-state index is 0.0450. The molecule has 3 aromatic rings. The van der Waals surface area contributed by atoms with E-state index in [9.17, 15) is 14.7 Å². The lowest BCUT2D eigenvalue weighted by Crippen LogP contribution is -2.23. The van der Waals surface area contributed by atoms with E-state index in [-0.39, 0.29) is 5.56 Å². The minimum atomic E-state index is -0.758. The summed E-state index contributed by atoms with van der Waals surface area (Å²) in [6, 6.07) is 9.14. The Kier molecular flexibility index (Phi) is 2.42. The van der Waals surface area contributed by atoms with Gasteiger partial charge in [-0.15, -0.1) is 0 Å². The van der Waals surface area contributed by atoms with Gasteiger partial charge in [-0.25, -0.2) is 4.79 Å². The minimum Gasteiger partial charge on any atom is -0.494 e. The second-order valence-electron chi connectivity index (χ2n) is 4.01. The molecule has 0 saturated heterocycles. The number of rotatable bonds is 1. The first-order chi connectivity index (χ1) is 9.16. The molecule has 0 saturated carbocycles. The summed E-state index contributed by atoms with van der Waals surface area (Å²) in [6.07, 6.45) is 1.54. The lowest BCUT2D eigenvalue weighted by molar-refractivity contribution is 0.451. The first-order valence-electron chi connectivity index (χ1n) is 5.56. The highest BCUT2D eigenvalue weighted by Gasteiger charge is 2.15. The van der Waals surface area contributed by atoms with E-state index in [0.29, 0.717) is 5.69 Å². The molecule has 2 heterocycles. The van der Waals surface area contributed by atoms with E-state index >= 15 is 0 Å². The Labute approximate surface area is 106 Å². The molecule has 0 bridgehead atoms. The third kappa shape index (κ3) is 1.79. The van der Waals surface area contributed by atoms with E-state index in [1.54, 1.807) is 18.3 Å². The summed E-state index contributed by atoms with van der Waals surface area (Å²) in [5.74, 6) is -0.488. The van der Waals surface area contributed by atoms with Gasteiger partial charge in [0.25, 0.3) is 5.56 Å². The van der Waals surface area contributed by atoms with E-state index in [1.165, 1.54) is 0 Å². The van der Waals surface area contributed by atoms with E-state index in [1.807, 2.05) is 18.2 Å². The smallest absolute Gasteiger partial charge is 0.328 e. The normalized spacial score (nSPS) is 10.7. The SMILES string of the molecule is O=c1[nH]c(O)c(-c2nccc3ccccc23)c(=O)[nH]1. The van der Waals surface area contributed by atoms with Gasteiger partial charge < -0.3 is 5.11 Å². The van der Waals surface area contributed by atoms with Crippen molar-refractivity contribution in [3.8, 4) is 17.1 Å². The van der Waals surface area contributed by atoms with Crippen molar-refractivity contribution < 1.29 is 5.11 Å². The van der Waals surface area contributed by atoms with Crippen LogP contribution in [0, 0.1) is 0 Å². The Morgan fingerprint density at radius 1 is 1.05 bits per heavy atom. The highest BCUT2D eigenvalue weighted by Crippen LogP contribution is 2.27. The highest BCUT2D eigenvalue weighted by molar-refractivity contribution is 5.95. The molecule has 6 heteroatoms. The van der Waals surface area contributed by atoms with Crippen LogP contribution in [0.4, 0.5) is 0 Å². The third-order valence-corrected chi connectivity index (χ3v) is 2.83. The van der Waals surface area contributed by atoms with Crippen LogP contribution in [0.3, 0.4) is 0 Å². The molecule has 1 aromatic carbocycles. The summed E-state index contributed by atoms with van der Waals surface area (Å²) in [4.78, 5) is 31.2. The Morgan fingerprint density at radius 2 is 1.84 bits per heavy atom. The van der Waals surface area contributed by atoms with Gasteiger partial charge in [0.1, 0.15) is 5.56 Å². The number of benzene rings is 1. The molecule has 0 amide bonds. The molecule has 0 aliphatic rings. The maximum atomic E-state index is 11.8. The van der Waals surface area contributed by atoms with Gasteiger partial charge in [0.2, 0.25) is 5.88 Å². The van der Waals surface area contributed by atoms with Crippen LogP contribution in [0.1, 0.15) is 0 Å². The number of aromatic nitrogens is 3. The largest absolute Gasteiger partial charge is 0.494 e. The lowest BCUT2D eigenvalue weighted by Gasteiger charge is -2.05. The molecular formula is C13H9N3O3. The van der Waals surface area contributed by atoms with Gasteiger partial charge in [-0.1, -0.05) is 24.3 Å². The van der Waals surface area contributed by atoms with Crippen LogP contribution >= 0.6 is 0 Å². The number of pyridine rings is 1. The number of nitrogens with zero attached hydrogens (tertiary/aromatic N) is 1. The fourth-order valence-corrected chi connectivity index (χ4v) is 2.01. The van der Waals surface area contributed by atoms with Crippen molar-refractivity contribution in [2.75, 3.05) is 0 Å². The molecule has 0 spiro atoms. The maximum absolute atomic E-state index is 11.8. The molecule has 0 atom stereocenters. The maximum Gasteiger partial charge on any atom is 0.328 e. The number of aromatic amines is 2. The molecule has 2 aromatic heterocycles. The molecule has 6 nitrogen and oxygen atoms in total. The Morgan fingerprint density at radius 3 is 2.63 bits per heavy atom. The highest BCUT2D eigenvalue weighted by atomic mass is 16.3. The fraction of sp³-hybridized carbons (Fsp3) is 0. The van der Waals surface area contributed by atoms with E-state index < -0.39 is 17.1 Å². The van der Waals surface area contributed by atoms with Crippen molar-refractivity contribution in [3.05, 3.63) is 57.4 Å². The predicted octanol–water partition coefficient (Wildman–Crippen LogP) is 0.984. The molecule has 0 aliphatic carbocycles. The Bertz CT molecular complexity index is 875. The number of nitrogens with one attached hydrogen (secondary N) is 2. The van der Waals surface area contributed by atoms with E-state index in [0.717, 1.165) is 10.8 Å².